The number of non-ortho nitro benzene ring substituents is 1. The Kier molecular flexibility index (Phi) is 3.79. The zero-order valence-electron chi connectivity index (χ0n) is 9.60. The van der Waals surface area contributed by atoms with E-state index in [1.807, 2.05) is 26.0 Å². The summed E-state index contributed by atoms with van der Waals surface area (Å²) in [6.07, 6.45) is 0.0733. The summed E-state index contributed by atoms with van der Waals surface area (Å²) >= 11 is 0. The summed E-state index contributed by atoms with van der Waals surface area (Å²) in [5.74, 6) is 0.0498. The second kappa shape index (κ2) is 5.09. The average molecular weight is 229 g/mol. The summed E-state index contributed by atoms with van der Waals surface area (Å²) in [4.78, 5) is 10.2. The van der Waals surface area contributed by atoms with Crippen LogP contribution in [0.4, 0.5) is 5.69 Å². The van der Waals surface area contributed by atoms with Gasteiger partial charge >= 0.3 is 0 Å². The summed E-state index contributed by atoms with van der Waals surface area (Å²) in [5, 5.41) is 28.4. The van der Waals surface area contributed by atoms with Crippen LogP contribution >= 0.6 is 0 Å². The Morgan fingerprint density at radius 2 is 2.06 bits per heavy atom. The Morgan fingerprint density at radius 3 is 2.47 bits per heavy atom. The fourth-order valence-corrected chi connectivity index (χ4v) is 1.81. The van der Waals surface area contributed by atoms with Gasteiger partial charge < -0.3 is 0 Å². The predicted molar refractivity (Wildman–Crippen MR) is 61.2 cm³/mol. The number of nitrogens with zero attached hydrogens (tertiary/aromatic N) is 3. The van der Waals surface area contributed by atoms with Crippen molar-refractivity contribution in [1.82, 2.24) is 0 Å². The third kappa shape index (κ3) is 2.59. The van der Waals surface area contributed by atoms with Crippen molar-refractivity contribution < 1.29 is 4.92 Å². The van der Waals surface area contributed by atoms with Crippen molar-refractivity contribution in [2.24, 2.45) is 0 Å². The van der Waals surface area contributed by atoms with Crippen molar-refractivity contribution in [2.75, 3.05) is 0 Å². The Hall–Kier alpha value is -2.40. The van der Waals surface area contributed by atoms with Crippen molar-refractivity contribution in [3.63, 3.8) is 0 Å². The monoisotopic (exact) mass is 229 g/mol. The van der Waals surface area contributed by atoms with Crippen LogP contribution in [0, 0.1) is 32.8 Å². The molecule has 0 saturated heterocycles. The van der Waals surface area contributed by atoms with E-state index >= 15 is 0 Å². The molecule has 0 spiro atoms. The maximum absolute atomic E-state index is 10.7. The molecule has 1 aromatic rings. The van der Waals surface area contributed by atoms with Crippen molar-refractivity contribution >= 4 is 5.69 Å². The molecule has 5 nitrogen and oxygen atoms in total. The lowest BCUT2D eigenvalue weighted by Gasteiger charge is -2.12. The Bertz CT molecular complexity index is 536. The number of rotatable bonds is 3. The first-order chi connectivity index (χ1) is 8.01. The standard InChI is InChI=1S/C12H11N3O2/c1-8(2)12-9(3-4-13)5-11(15(16)17)6-10(12)7-14/h5-6,8H,3H2,1-2H3. The number of hydrogen-bond donors (Lipinski definition) is 0. The summed E-state index contributed by atoms with van der Waals surface area (Å²) in [5.41, 5.74) is 1.42. The molecule has 0 aliphatic carbocycles. The lowest BCUT2D eigenvalue weighted by atomic mass is 9.90. The van der Waals surface area contributed by atoms with Crippen LogP contribution in [-0.4, -0.2) is 4.92 Å². The molecule has 0 saturated carbocycles. The fourth-order valence-electron chi connectivity index (χ4n) is 1.81. The number of benzene rings is 1. The van der Waals surface area contributed by atoms with Crippen LogP contribution in [0.25, 0.3) is 0 Å². The SMILES string of the molecule is CC(C)c1c(C#N)cc([N+](=O)[O-])cc1CC#N. The van der Waals surface area contributed by atoms with Crippen LogP contribution in [0.2, 0.25) is 0 Å². The van der Waals surface area contributed by atoms with Gasteiger partial charge in [-0.15, -0.1) is 0 Å². The van der Waals surface area contributed by atoms with Gasteiger partial charge in [0.1, 0.15) is 0 Å². The quantitative estimate of drug-likeness (QED) is 0.588. The van der Waals surface area contributed by atoms with Crippen LogP contribution in [0.3, 0.4) is 0 Å². The zero-order chi connectivity index (χ0) is 13.0. The molecule has 0 aliphatic rings. The lowest BCUT2D eigenvalue weighted by molar-refractivity contribution is -0.384. The van der Waals surface area contributed by atoms with Crippen molar-refractivity contribution in [2.45, 2.75) is 26.2 Å². The van der Waals surface area contributed by atoms with Crippen molar-refractivity contribution in [3.05, 3.63) is 38.9 Å². The molecule has 0 atom stereocenters. The maximum Gasteiger partial charge on any atom is 0.271 e. The minimum absolute atomic E-state index is 0.0498. The largest absolute Gasteiger partial charge is 0.271 e. The van der Waals surface area contributed by atoms with Crippen LogP contribution in [-0.2, 0) is 6.42 Å². The maximum atomic E-state index is 10.7. The van der Waals surface area contributed by atoms with Gasteiger partial charge in [0.05, 0.1) is 29.0 Å². The van der Waals surface area contributed by atoms with Gasteiger partial charge in [0.15, 0.2) is 0 Å². The molecule has 0 amide bonds. The molecule has 0 radical (unpaired) electrons. The minimum atomic E-state index is -0.550. The first-order valence-electron chi connectivity index (χ1n) is 5.09. The molecule has 0 heterocycles. The third-order valence-corrected chi connectivity index (χ3v) is 2.43. The van der Waals surface area contributed by atoms with E-state index in [-0.39, 0.29) is 23.6 Å². The molecule has 0 aliphatic heterocycles. The van der Waals surface area contributed by atoms with Gasteiger partial charge in [0.25, 0.3) is 5.69 Å². The normalized spacial score (nSPS) is 9.71. The molecule has 0 aromatic heterocycles. The fraction of sp³-hybridized carbons (Fsp3) is 0.333. The van der Waals surface area contributed by atoms with E-state index in [0.717, 1.165) is 5.56 Å². The predicted octanol–water partition coefficient (Wildman–Crippen LogP) is 2.66. The summed E-state index contributed by atoms with van der Waals surface area (Å²) in [6.45, 7) is 3.78. The summed E-state index contributed by atoms with van der Waals surface area (Å²) in [7, 11) is 0. The molecule has 0 unspecified atom stereocenters. The first-order valence-corrected chi connectivity index (χ1v) is 5.09. The first kappa shape index (κ1) is 12.7. The molecule has 0 bridgehead atoms. The topological polar surface area (TPSA) is 90.7 Å². The highest BCUT2D eigenvalue weighted by Crippen LogP contribution is 2.28. The van der Waals surface area contributed by atoms with Gasteiger partial charge in [0, 0.05) is 12.1 Å². The number of nitro groups is 1. The van der Waals surface area contributed by atoms with Gasteiger partial charge in [0.2, 0.25) is 0 Å². The van der Waals surface area contributed by atoms with E-state index in [1.54, 1.807) is 0 Å². The highest BCUT2D eigenvalue weighted by atomic mass is 16.6. The zero-order valence-corrected chi connectivity index (χ0v) is 9.60. The molecule has 0 N–H and O–H groups in total. The smallest absolute Gasteiger partial charge is 0.258 e. The molecule has 0 fully saturated rings. The minimum Gasteiger partial charge on any atom is -0.258 e. The van der Waals surface area contributed by atoms with Crippen LogP contribution in [0.5, 0.6) is 0 Å². The van der Waals surface area contributed by atoms with E-state index < -0.39 is 4.92 Å². The van der Waals surface area contributed by atoms with Gasteiger partial charge in [-0.2, -0.15) is 10.5 Å². The van der Waals surface area contributed by atoms with E-state index in [0.29, 0.717) is 5.56 Å². The van der Waals surface area contributed by atoms with Gasteiger partial charge in [-0.25, -0.2) is 0 Å². The lowest BCUT2D eigenvalue weighted by Crippen LogP contribution is -2.02. The van der Waals surface area contributed by atoms with Crippen LogP contribution in [0.1, 0.15) is 36.5 Å². The second-order valence-electron chi connectivity index (χ2n) is 3.92. The second-order valence-corrected chi connectivity index (χ2v) is 3.92. The number of hydrogen-bond acceptors (Lipinski definition) is 4. The van der Waals surface area contributed by atoms with E-state index in [9.17, 15) is 10.1 Å². The van der Waals surface area contributed by atoms with Gasteiger partial charge in [-0.1, -0.05) is 13.8 Å². The number of nitro benzene ring substituents is 1. The van der Waals surface area contributed by atoms with E-state index in [4.69, 9.17) is 10.5 Å². The highest BCUT2D eigenvalue weighted by molar-refractivity contribution is 5.53. The molecular formula is C12H11N3O2. The highest BCUT2D eigenvalue weighted by Gasteiger charge is 2.18. The van der Waals surface area contributed by atoms with Gasteiger partial charge in [-0.3, -0.25) is 10.1 Å². The van der Waals surface area contributed by atoms with Crippen LogP contribution in [0.15, 0.2) is 12.1 Å². The van der Waals surface area contributed by atoms with Crippen molar-refractivity contribution in [3.8, 4) is 12.1 Å². The summed E-state index contributed by atoms with van der Waals surface area (Å²) < 4.78 is 0. The van der Waals surface area contributed by atoms with E-state index in [2.05, 4.69) is 0 Å². The molecular weight excluding hydrogens is 218 g/mol. The Balaban J connectivity index is 3.53. The Labute approximate surface area is 99.1 Å². The van der Waals surface area contributed by atoms with E-state index in [1.165, 1.54) is 12.1 Å². The summed E-state index contributed by atoms with van der Waals surface area (Å²) in [6, 6.07) is 6.56. The number of nitriles is 2. The Morgan fingerprint density at radius 1 is 1.41 bits per heavy atom. The third-order valence-electron chi connectivity index (χ3n) is 2.43. The molecule has 86 valence electrons. The average Bonchev–Trinajstić information content (AvgIpc) is 2.27. The van der Waals surface area contributed by atoms with Crippen molar-refractivity contribution in [1.29, 1.82) is 10.5 Å². The molecule has 1 rings (SSSR count). The van der Waals surface area contributed by atoms with Crippen LogP contribution < -0.4 is 0 Å². The molecule has 17 heavy (non-hydrogen) atoms. The van der Waals surface area contributed by atoms with Gasteiger partial charge in [-0.05, 0) is 17.0 Å². The molecule has 1 aromatic carbocycles. The molecule has 5 heteroatoms.